The van der Waals surface area contributed by atoms with Gasteiger partial charge in [-0.25, -0.2) is 0 Å². The summed E-state index contributed by atoms with van der Waals surface area (Å²) in [7, 11) is 1.61. The second kappa shape index (κ2) is 8.73. The van der Waals surface area contributed by atoms with E-state index in [1.807, 2.05) is 52.8 Å². The molecule has 134 valence electrons. The third-order valence-corrected chi connectivity index (χ3v) is 3.21. The molecule has 1 aromatic rings. The second-order valence-corrected chi connectivity index (χ2v) is 7.07. The van der Waals surface area contributed by atoms with Crippen molar-refractivity contribution in [1.82, 2.24) is 10.6 Å². The maximum Gasteiger partial charge on any atom is 0.237 e. The van der Waals surface area contributed by atoms with Gasteiger partial charge in [-0.2, -0.15) is 0 Å². The Morgan fingerprint density at radius 1 is 1.29 bits per heavy atom. The van der Waals surface area contributed by atoms with Crippen LogP contribution in [0.1, 0.15) is 40.2 Å². The topological polar surface area (TPSA) is 59.6 Å². The molecule has 1 atom stereocenters. The van der Waals surface area contributed by atoms with Crippen molar-refractivity contribution in [2.75, 3.05) is 13.7 Å². The Hall–Kier alpha value is -2.01. The number of benzene rings is 1. The van der Waals surface area contributed by atoms with Crippen LogP contribution in [0.2, 0.25) is 0 Å². The van der Waals surface area contributed by atoms with E-state index in [0.29, 0.717) is 24.7 Å². The summed E-state index contributed by atoms with van der Waals surface area (Å²) in [5, 5.41) is 6.19. The van der Waals surface area contributed by atoms with Gasteiger partial charge in [0.05, 0.1) is 13.2 Å². The number of ether oxygens (including phenoxy) is 2. The van der Waals surface area contributed by atoms with Crippen molar-refractivity contribution in [2.24, 2.45) is 0 Å². The van der Waals surface area contributed by atoms with E-state index in [0.717, 1.165) is 11.1 Å². The average molecular weight is 334 g/mol. The minimum Gasteiger partial charge on any atom is -0.493 e. The SMILES string of the molecule is C=C(C)COc1cc(CNC(C)C(=O)NC(C)(C)C)ccc1OC. The van der Waals surface area contributed by atoms with E-state index < -0.39 is 0 Å². The summed E-state index contributed by atoms with van der Waals surface area (Å²) >= 11 is 0. The molecule has 0 fully saturated rings. The summed E-state index contributed by atoms with van der Waals surface area (Å²) in [4.78, 5) is 12.1. The Morgan fingerprint density at radius 2 is 1.96 bits per heavy atom. The lowest BCUT2D eigenvalue weighted by molar-refractivity contribution is -0.124. The van der Waals surface area contributed by atoms with Gasteiger partial charge in [0.25, 0.3) is 0 Å². The summed E-state index contributed by atoms with van der Waals surface area (Å²) in [6.07, 6.45) is 0. The highest BCUT2D eigenvalue weighted by Crippen LogP contribution is 2.28. The van der Waals surface area contributed by atoms with Gasteiger partial charge >= 0.3 is 0 Å². The van der Waals surface area contributed by atoms with Crippen LogP contribution in [-0.2, 0) is 11.3 Å². The van der Waals surface area contributed by atoms with Crippen LogP contribution in [0.5, 0.6) is 11.5 Å². The molecule has 5 heteroatoms. The standard InChI is InChI=1S/C19H30N2O3/c1-13(2)12-24-17-10-15(8-9-16(17)23-7)11-20-14(3)18(22)21-19(4,5)6/h8-10,14,20H,1,11-12H2,2-7H3,(H,21,22). The molecule has 1 rings (SSSR count). The van der Waals surface area contributed by atoms with Crippen LogP contribution < -0.4 is 20.1 Å². The molecule has 0 spiro atoms. The van der Waals surface area contributed by atoms with Crippen LogP contribution in [0.25, 0.3) is 0 Å². The zero-order chi connectivity index (χ0) is 18.3. The lowest BCUT2D eigenvalue weighted by Crippen LogP contribution is -2.49. The molecule has 1 unspecified atom stereocenters. The molecule has 2 N–H and O–H groups in total. The quantitative estimate of drug-likeness (QED) is 0.718. The number of hydrogen-bond donors (Lipinski definition) is 2. The molecule has 0 heterocycles. The molecule has 0 saturated heterocycles. The van der Waals surface area contributed by atoms with Crippen LogP contribution in [0.15, 0.2) is 30.4 Å². The van der Waals surface area contributed by atoms with E-state index in [1.54, 1.807) is 7.11 Å². The Bertz CT molecular complexity index is 576. The first-order valence-corrected chi connectivity index (χ1v) is 8.12. The normalized spacial score (nSPS) is 12.4. The molecule has 24 heavy (non-hydrogen) atoms. The minimum atomic E-state index is -0.286. The average Bonchev–Trinajstić information content (AvgIpc) is 2.48. The first-order valence-electron chi connectivity index (χ1n) is 8.12. The molecule has 0 bridgehead atoms. The number of methoxy groups -OCH3 is 1. The molecular weight excluding hydrogens is 304 g/mol. The predicted molar refractivity (Wildman–Crippen MR) is 97.5 cm³/mol. The molecule has 0 saturated carbocycles. The first-order chi connectivity index (χ1) is 11.1. The van der Waals surface area contributed by atoms with Crippen molar-refractivity contribution in [2.45, 2.75) is 52.7 Å². The van der Waals surface area contributed by atoms with Crippen LogP contribution in [0.4, 0.5) is 0 Å². The lowest BCUT2D eigenvalue weighted by atomic mass is 10.1. The van der Waals surface area contributed by atoms with Gasteiger partial charge in [0, 0.05) is 12.1 Å². The summed E-state index contributed by atoms with van der Waals surface area (Å²) in [6, 6.07) is 5.45. The molecule has 1 amide bonds. The molecular formula is C19H30N2O3. The number of amides is 1. The van der Waals surface area contributed by atoms with Crippen LogP contribution >= 0.6 is 0 Å². The summed E-state index contributed by atoms with van der Waals surface area (Å²) in [5.41, 5.74) is 1.72. The van der Waals surface area contributed by atoms with Gasteiger partial charge in [-0.15, -0.1) is 0 Å². The minimum absolute atomic E-state index is 0.0187. The largest absolute Gasteiger partial charge is 0.493 e. The number of nitrogens with one attached hydrogen (secondary N) is 2. The van der Waals surface area contributed by atoms with Gasteiger partial charge in [-0.05, 0) is 57.9 Å². The highest BCUT2D eigenvalue weighted by Gasteiger charge is 2.18. The van der Waals surface area contributed by atoms with Gasteiger partial charge < -0.3 is 20.1 Å². The zero-order valence-corrected chi connectivity index (χ0v) is 15.7. The van der Waals surface area contributed by atoms with Gasteiger partial charge in [0.1, 0.15) is 6.61 Å². The van der Waals surface area contributed by atoms with Crippen molar-refractivity contribution in [1.29, 1.82) is 0 Å². The van der Waals surface area contributed by atoms with Gasteiger partial charge in [0.2, 0.25) is 5.91 Å². The van der Waals surface area contributed by atoms with Crippen molar-refractivity contribution in [3.05, 3.63) is 35.9 Å². The van der Waals surface area contributed by atoms with Crippen LogP contribution in [-0.4, -0.2) is 31.2 Å². The molecule has 0 aliphatic carbocycles. The van der Waals surface area contributed by atoms with Crippen molar-refractivity contribution < 1.29 is 14.3 Å². The monoisotopic (exact) mass is 334 g/mol. The number of carbonyl (C=O) groups is 1. The highest BCUT2D eigenvalue weighted by atomic mass is 16.5. The van der Waals surface area contributed by atoms with E-state index in [4.69, 9.17) is 9.47 Å². The maximum absolute atomic E-state index is 12.1. The third-order valence-electron chi connectivity index (χ3n) is 3.21. The van der Waals surface area contributed by atoms with E-state index in [-0.39, 0.29) is 17.5 Å². The van der Waals surface area contributed by atoms with Gasteiger partial charge in [-0.1, -0.05) is 12.6 Å². The maximum atomic E-state index is 12.1. The fraction of sp³-hybridized carbons (Fsp3) is 0.526. The van der Waals surface area contributed by atoms with Gasteiger partial charge in [0.15, 0.2) is 11.5 Å². The summed E-state index contributed by atoms with van der Waals surface area (Å²) < 4.78 is 11.0. The molecule has 5 nitrogen and oxygen atoms in total. The highest BCUT2D eigenvalue weighted by molar-refractivity contribution is 5.81. The molecule has 0 radical (unpaired) electrons. The molecule has 1 aromatic carbocycles. The Kier molecular flexibility index (Phi) is 7.29. The molecule has 0 aliphatic rings. The smallest absolute Gasteiger partial charge is 0.237 e. The van der Waals surface area contributed by atoms with Gasteiger partial charge in [-0.3, -0.25) is 4.79 Å². The van der Waals surface area contributed by atoms with E-state index >= 15 is 0 Å². The van der Waals surface area contributed by atoms with E-state index in [1.165, 1.54) is 0 Å². The fourth-order valence-corrected chi connectivity index (χ4v) is 1.99. The van der Waals surface area contributed by atoms with Crippen molar-refractivity contribution in [3.63, 3.8) is 0 Å². The van der Waals surface area contributed by atoms with Crippen molar-refractivity contribution in [3.8, 4) is 11.5 Å². The number of carbonyl (C=O) groups excluding carboxylic acids is 1. The third kappa shape index (κ3) is 7.04. The Labute approximate surface area is 145 Å². The molecule has 0 aliphatic heterocycles. The van der Waals surface area contributed by atoms with Crippen LogP contribution in [0.3, 0.4) is 0 Å². The fourth-order valence-electron chi connectivity index (χ4n) is 1.99. The van der Waals surface area contributed by atoms with Crippen LogP contribution in [0, 0.1) is 0 Å². The van der Waals surface area contributed by atoms with E-state index in [9.17, 15) is 4.79 Å². The lowest BCUT2D eigenvalue weighted by Gasteiger charge is -2.23. The van der Waals surface area contributed by atoms with E-state index in [2.05, 4.69) is 17.2 Å². The molecule has 0 aromatic heterocycles. The summed E-state index contributed by atoms with van der Waals surface area (Å²) in [5.74, 6) is 1.33. The Morgan fingerprint density at radius 3 is 2.50 bits per heavy atom. The Balaban J connectivity index is 2.69. The second-order valence-electron chi connectivity index (χ2n) is 7.07. The summed E-state index contributed by atoms with van der Waals surface area (Å²) in [6.45, 7) is 14.5. The number of rotatable bonds is 8. The zero-order valence-electron chi connectivity index (χ0n) is 15.7. The first kappa shape index (κ1) is 20.0. The number of hydrogen-bond acceptors (Lipinski definition) is 4. The van der Waals surface area contributed by atoms with Crippen molar-refractivity contribution >= 4 is 5.91 Å². The predicted octanol–water partition coefficient (Wildman–Crippen LogP) is 3.04.